The first kappa shape index (κ1) is 12.5. The first-order valence-electron chi connectivity index (χ1n) is 6.06. The molecule has 0 radical (unpaired) electrons. The molecular weight excluding hydrogens is 218 g/mol. The van der Waals surface area contributed by atoms with Crippen LogP contribution in [0.25, 0.3) is 0 Å². The van der Waals surface area contributed by atoms with Gasteiger partial charge in [-0.15, -0.1) is 0 Å². The molecule has 2 heterocycles. The van der Waals surface area contributed by atoms with Gasteiger partial charge < -0.3 is 19.8 Å². The molecule has 17 heavy (non-hydrogen) atoms. The number of likely N-dealkylation sites (N-methyl/N-ethyl adjacent to an activating group) is 1. The number of aromatic nitrogens is 1. The molecule has 2 atom stereocenters. The molecule has 1 fully saturated rings. The predicted molar refractivity (Wildman–Crippen MR) is 64.7 cm³/mol. The molecule has 2 unspecified atom stereocenters. The maximum atomic E-state index is 10.3. The van der Waals surface area contributed by atoms with E-state index in [9.17, 15) is 5.11 Å². The molecule has 0 saturated carbocycles. The lowest BCUT2D eigenvalue weighted by Gasteiger charge is -2.24. The smallest absolute Gasteiger partial charge is 0.133 e. The minimum Gasteiger partial charge on any atom is -0.387 e. The van der Waals surface area contributed by atoms with E-state index in [0.29, 0.717) is 6.54 Å². The molecule has 5 heteroatoms. The fourth-order valence-corrected chi connectivity index (χ4v) is 2.24. The predicted octanol–water partition coefficient (Wildman–Crippen LogP) is 0.700. The van der Waals surface area contributed by atoms with E-state index >= 15 is 0 Å². The van der Waals surface area contributed by atoms with E-state index in [0.717, 1.165) is 31.0 Å². The van der Waals surface area contributed by atoms with E-state index < -0.39 is 5.60 Å². The Bertz CT molecular complexity index is 380. The van der Waals surface area contributed by atoms with Gasteiger partial charge in [-0.25, -0.2) is 0 Å². The summed E-state index contributed by atoms with van der Waals surface area (Å²) in [5, 5.41) is 17.6. The summed E-state index contributed by atoms with van der Waals surface area (Å²) in [6, 6.07) is 2.02. The highest BCUT2D eigenvalue weighted by Crippen LogP contribution is 2.20. The normalized spacial score (nSPS) is 27.5. The van der Waals surface area contributed by atoms with Crippen molar-refractivity contribution >= 4 is 0 Å². The fourth-order valence-electron chi connectivity index (χ4n) is 2.24. The van der Waals surface area contributed by atoms with Crippen LogP contribution in [0.5, 0.6) is 0 Å². The topological polar surface area (TPSA) is 61.5 Å². The van der Waals surface area contributed by atoms with Crippen LogP contribution in [0, 0.1) is 6.92 Å². The molecule has 2 rings (SSSR count). The number of aryl methyl sites for hydroxylation is 1. The molecule has 2 N–H and O–H groups in total. The first-order valence-corrected chi connectivity index (χ1v) is 6.06. The Morgan fingerprint density at radius 1 is 1.71 bits per heavy atom. The largest absolute Gasteiger partial charge is 0.387 e. The lowest BCUT2D eigenvalue weighted by atomic mass is 10.0. The van der Waals surface area contributed by atoms with Crippen LogP contribution in [0.2, 0.25) is 0 Å². The van der Waals surface area contributed by atoms with E-state index in [1.165, 1.54) is 0 Å². The second-order valence-electron chi connectivity index (χ2n) is 5.18. The number of likely N-dealkylation sites (tertiary alicyclic amines) is 1. The monoisotopic (exact) mass is 239 g/mol. The summed E-state index contributed by atoms with van der Waals surface area (Å²) in [7, 11) is 2.03. The molecule has 0 bridgehead atoms. The molecule has 0 amide bonds. The zero-order valence-electron chi connectivity index (χ0n) is 10.7. The van der Waals surface area contributed by atoms with Gasteiger partial charge in [0.25, 0.3) is 0 Å². The highest BCUT2D eigenvalue weighted by atomic mass is 16.5. The number of aliphatic hydroxyl groups is 1. The van der Waals surface area contributed by atoms with Crippen LogP contribution >= 0.6 is 0 Å². The SMILES string of the molecule is Cc1cc(C(C)NCC2(O)CCN(C)C2)no1. The first-order chi connectivity index (χ1) is 7.98. The van der Waals surface area contributed by atoms with E-state index in [4.69, 9.17) is 4.52 Å². The summed E-state index contributed by atoms with van der Waals surface area (Å²) in [6.45, 7) is 6.17. The number of nitrogens with one attached hydrogen (secondary N) is 1. The van der Waals surface area contributed by atoms with Crippen LogP contribution in [-0.4, -0.2) is 47.4 Å². The summed E-state index contributed by atoms with van der Waals surface area (Å²) in [4.78, 5) is 2.15. The Balaban J connectivity index is 1.86. The summed E-state index contributed by atoms with van der Waals surface area (Å²) >= 11 is 0. The average Bonchev–Trinajstić information content (AvgIpc) is 2.83. The van der Waals surface area contributed by atoms with Crippen LogP contribution in [0.1, 0.15) is 30.8 Å². The molecule has 1 aliphatic rings. The second kappa shape index (κ2) is 4.76. The minimum atomic E-state index is -0.609. The Morgan fingerprint density at radius 2 is 2.47 bits per heavy atom. The lowest BCUT2D eigenvalue weighted by molar-refractivity contribution is 0.0492. The van der Waals surface area contributed by atoms with Gasteiger partial charge in [-0.3, -0.25) is 0 Å². The van der Waals surface area contributed by atoms with Crippen molar-refractivity contribution < 1.29 is 9.63 Å². The quantitative estimate of drug-likeness (QED) is 0.810. The highest BCUT2D eigenvalue weighted by molar-refractivity contribution is 5.08. The molecule has 1 aliphatic heterocycles. The van der Waals surface area contributed by atoms with Crippen molar-refractivity contribution in [1.82, 2.24) is 15.4 Å². The lowest BCUT2D eigenvalue weighted by Crippen LogP contribution is -2.43. The molecule has 5 nitrogen and oxygen atoms in total. The average molecular weight is 239 g/mol. The molecule has 0 aliphatic carbocycles. The van der Waals surface area contributed by atoms with Crippen LogP contribution < -0.4 is 5.32 Å². The number of nitrogens with zero attached hydrogens (tertiary/aromatic N) is 2. The van der Waals surface area contributed by atoms with E-state index in [1.807, 2.05) is 27.0 Å². The molecular formula is C12H21N3O2. The van der Waals surface area contributed by atoms with Crippen molar-refractivity contribution in [3.63, 3.8) is 0 Å². The molecule has 96 valence electrons. The van der Waals surface area contributed by atoms with Gasteiger partial charge in [-0.05, 0) is 27.3 Å². The standard InChI is InChI=1S/C12H21N3O2/c1-9-6-11(14-17-9)10(2)13-7-12(16)4-5-15(3)8-12/h6,10,13,16H,4-5,7-8H2,1-3H3. The number of β-amino-alcohol motifs (C(OH)–C–C–N with tert-alkyl or cyclic N) is 1. The van der Waals surface area contributed by atoms with Crippen LogP contribution in [-0.2, 0) is 0 Å². The zero-order valence-corrected chi connectivity index (χ0v) is 10.7. The van der Waals surface area contributed by atoms with Gasteiger partial charge in [0.2, 0.25) is 0 Å². The Labute approximate surface area is 102 Å². The van der Waals surface area contributed by atoms with Crippen LogP contribution in [0.4, 0.5) is 0 Å². The van der Waals surface area contributed by atoms with Gasteiger partial charge in [0.05, 0.1) is 11.6 Å². The van der Waals surface area contributed by atoms with Crippen molar-refractivity contribution in [3.05, 3.63) is 17.5 Å². The maximum absolute atomic E-state index is 10.3. The molecule has 0 aromatic carbocycles. The Hall–Kier alpha value is -0.910. The maximum Gasteiger partial charge on any atom is 0.133 e. The molecule has 0 spiro atoms. The van der Waals surface area contributed by atoms with E-state index in [-0.39, 0.29) is 6.04 Å². The second-order valence-corrected chi connectivity index (χ2v) is 5.18. The van der Waals surface area contributed by atoms with Gasteiger partial charge in [-0.2, -0.15) is 0 Å². The number of hydrogen-bond donors (Lipinski definition) is 2. The van der Waals surface area contributed by atoms with Gasteiger partial charge in [0, 0.05) is 25.7 Å². The summed E-state index contributed by atoms with van der Waals surface area (Å²) in [5.74, 6) is 0.813. The minimum absolute atomic E-state index is 0.0994. The molecule has 1 saturated heterocycles. The third-order valence-electron chi connectivity index (χ3n) is 3.35. The highest BCUT2D eigenvalue weighted by Gasteiger charge is 2.34. The van der Waals surface area contributed by atoms with Crippen LogP contribution in [0.15, 0.2) is 10.6 Å². The molecule has 1 aromatic heterocycles. The van der Waals surface area contributed by atoms with Gasteiger partial charge >= 0.3 is 0 Å². The van der Waals surface area contributed by atoms with Crippen LogP contribution in [0.3, 0.4) is 0 Å². The van der Waals surface area contributed by atoms with Gasteiger partial charge in [-0.1, -0.05) is 5.16 Å². The molecule has 1 aromatic rings. The Kier molecular flexibility index (Phi) is 3.51. The third-order valence-corrected chi connectivity index (χ3v) is 3.35. The number of rotatable bonds is 4. The zero-order chi connectivity index (χ0) is 12.5. The summed E-state index contributed by atoms with van der Waals surface area (Å²) in [6.07, 6.45) is 0.820. The summed E-state index contributed by atoms with van der Waals surface area (Å²) in [5.41, 5.74) is 0.277. The summed E-state index contributed by atoms with van der Waals surface area (Å²) < 4.78 is 5.04. The van der Waals surface area contributed by atoms with E-state index in [1.54, 1.807) is 0 Å². The van der Waals surface area contributed by atoms with Crippen molar-refractivity contribution in [2.24, 2.45) is 0 Å². The van der Waals surface area contributed by atoms with Crippen molar-refractivity contribution in [2.45, 2.75) is 31.9 Å². The van der Waals surface area contributed by atoms with Crippen molar-refractivity contribution in [2.75, 3.05) is 26.7 Å². The Morgan fingerprint density at radius 3 is 3.00 bits per heavy atom. The van der Waals surface area contributed by atoms with Gasteiger partial charge in [0.15, 0.2) is 0 Å². The van der Waals surface area contributed by atoms with E-state index in [2.05, 4.69) is 15.4 Å². The number of hydrogen-bond acceptors (Lipinski definition) is 5. The van der Waals surface area contributed by atoms with Crippen molar-refractivity contribution in [3.8, 4) is 0 Å². The third kappa shape index (κ3) is 3.06. The fraction of sp³-hybridized carbons (Fsp3) is 0.750. The van der Waals surface area contributed by atoms with Gasteiger partial charge in [0.1, 0.15) is 11.5 Å². The van der Waals surface area contributed by atoms with Crippen molar-refractivity contribution in [1.29, 1.82) is 0 Å².